The maximum Gasteiger partial charge on any atom is 0.419 e. The van der Waals surface area contributed by atoms with Crippen molar-refractivity contribution >= 4 is 28.8 Å². The molecule has 0 atom stereocenters. The number of aryl methyl sites for hydroxylation is 1. The zero-order valence-electron chi connectivity index (χ0n) is 12.6. The lowest BCUT2D eigenvalue weighted by Gasteiger charge is -2.17. The Kier molecular flexibility index (Phi) is 4.46. The summed E-state index contributed by atoms with van der Waals surface area (Å²) < 4.78 is 11.9. The van der Waals surface area contributed by atoms with Crippen LogP contribution in [0.1, 0.15) is 31.1 Å². The number of rotatable bonds is 4. The van der Waals surface area contributed by atoms with E-state index in [-0.39, 0.29) is 15.9 Å². The Labute approximate surface area is 127 Å². The van der Waals surface area contributed by atoms with E-state index in [2.05, 4.69) is 20.8 Å². The van der Waals surface area contributed by atoms with Crippen LogP contribution in [0.3, 0.4) is 0 Å². The number of thioether (sulfide) groups is 1. The van der Waals surface area contributed by atoms with Crippen molar-refractivity contribution in [3.05, 3.63) is 34.3 Å². The van der Waals surface area contributed by atoms with E-state index in [1.807, 2.05) is 0 Å². The van der Waals surface area contributed by atoms with Crippen molar-refractivity contribution < 1.29 is 13.9 Å². The van der Waals surface area contributed by atoms with Gasteiger partial charge in [-0.15, -0.1) is 0 Å². The molecule has 1 aromatic carbocycles. The van der Waals surface area contributed by atoms with Crippen LogP contribution < -0.4 is 5.76 Å². The summed E-state index contributed by atoms with van der Waals surface area (Å²) in [4.78, 5) is 23.6. The van der Waals surface area contributed by atoms with Crippen molar-refractivity contribution in [3.8, 4) is 0 Å². The van der Waals surface area contributed by atoms with Gasteiger partial charge in [-0.3, -0.25) is 4.57 Å². The first-order chi connectivity index (χ1) is 9.79. The first kappa shape index (κ1) is 15.7. The average molecular weight is 309 g/mol. The number of oxazole rings is 1. The number of fused-ring (bicyclic) bond motifs is 1. The summed E-state index contributed by atoms with van der Waals surface area (Å²) in [5, 5.41) is 0. The fourth-order valence-electron chi connectivity index (χ4n) is 1.87. The van der Waals surface area contributed by atoms with Crippen molar-refractivity contribution in [2.45, 2.75) is 25.5 Å². The summed E-state index contributed by atoms with van der Waals surface area (Å²) >= 11 is 1.73. The standard InChI is InChI=1S/C15H19NO4S/c1-15(2,3)21-9-8-19-13(17)10-6-5-7-11-12(10)20-14(18)16(11)4/h5-7H,8-9H2,1-4H3. The Bertz CT molecular complexity index is 709. The summed E-state index contributed by atoms with van der Waals surface area (Å²) in [5.74, 6) is -0.234. The first-order valence-corrected chi connectivity index (χ1v) is 7.68. The highest BCUT2D eigenvalue weighted by Crippen LogP contribution is 2.23. The van der Waals surface area contributed by atoms with Gasteiger partial charge in [-0.25, -0.2) is 9.59 Å². The highest BCUT2D eigenvalue weighted by atomic mass is 32.2. The third kappa shape index (κ3) is 3.69. The number of carbonyl (C=O) groups excluding carboxylic acids is 1. The van der Waals surface area contributed by atoms with E-state index in [0.29, 0.717) is 12.1 Å². The van der Waals surface area contributed by atoms with E-state index < -0.39 is 11.7 Å². The molecule has 0 bridgehead atoms. The minimum absolute atomic E-state index is 0.138. The molecule has 1 heterocycles. The molecule has 6 heteroatoms. The van der Waals surface area contributed by atoms with Gasteiger partial charge in [-0.1, -0.05) is 26.8 Å². The van der Waals surface area contributed by atoms with Crippen LogP contribution in [0.15, 0.2) is 27.4 Å². The van der Waals surface area contributed by atoms with Gasteiger partial charge >= 0.3 is 11.7 Å². The Balaban J connectivity index is 2.10. The second-order valence-corrected chi connectivity index (χ2v) is 7.60. The predicted molar refractivity (Wildman–Crippen MR) is 83.9 cm³/mol. The van der Waals surface area contributed by atoms with Crippen LogP contribution in [0.2, 0.25) is 0 Å². The van der Waals surface area contributed by atoms with Crippen molar-refractivity contribution in [3.63, 3.8) is 0 Å². The molecular formula is C15H19NO4S. The maximum atomic E-state index is 12.1. The third-order valence-electron chi connectivity index (χ3n) is 2.89. The van der Waals surface area contributed by atoms with Gasteiger partial charge < -0.3 is 9.15 Å². The Morgan fingerprint density at radius 2 is 2.10 bits per heavy atom. The van der Waals surface area contributed by atoms with E-state index in [4.69, 9.17) is 9.15 Å². The number of para-hydroxylation sites is 1. The molecule has 0 saturated carbocycles. The summed E-state index contributed by atoms with van der Waals surface area (Å²) in [7, 11) is 1.60. The molecule has 0 aliphatic heterocycles. The molecule has 114 valence electrons. The minimum Gasteiger partial charge on any atom is -0.461 e. The average Bonchev–Trinajstić information content (AvgIpc) is 2.69. The molecule has 21 heavy (non-hydrogen) atoms. The van der Waals surface area contributed by atoms with Crippen molar-refractivity contribution in [2.75, 3.05) is 12.4 Å². The Morgan fingerprint density at radius 1 is 1.38 bits per heavy atom. The number of benzene rings is 1. The van der Waals surface area contributed by atoms with E-state index >= 15 is 0 Å². The number of hydrogen-bond acceptors (Lipinski definition) is 5. The zero-order chi connectivity index (χ0) is 15.6. The van der Waals surface area contributed by atoms with Gasteiger partial charge in [0.1, 0.15) is 12.2 Å². The molecule has 0 fully saturated rings. The number of ether oxygens (including phenoxy) is 1. The van der Waals surface area contributed by atoms with Crippen molar-refractivity contribution in [1.82, 2.24) is 4.57 Å². The van der Waals surface area contributed by atoms with Crippen LogP contribution in [-0.4, -0.2) is 27.6 Å². The third-order valence-corrected chi connectivity index (χ3v) is 4.13. The molecular weight excluding hydrogens is 290 g/mol. The largest absolute Gasteiger partial charge is 0.461 e. The number of hydrogen-bond donors (Lipinski definition) is 0. The van der Waals surface area contributed by atoms with Crippen LogP contribution in [0, 0.1) is 0 Å². The molecule has 0 saturated heterocycles. The molecule has 5 nitrogen and oxygen atoms in total. The fraction of sp³-hybridized carbons (Fsp3) is 0.467. The van der Waals surface area contributed by atoms with Gasteiger partial charge in [0.15, 0.2) is 5.58 Å². The monoisotopic (exact) mass is 309 g/mol. The SMILES string of the molecule is Cn1c(=O)oc2c(C(=O)OCCSC(C)(C)C)cccc21. The topological polar surface area (TPSA) is 61.4 Å². The number of esters is 1. The van der Waals surface area contributed by atoms with Gasteiger partial charge in [0, 0.05) is 17.5 Å². The lowest BCUT2D eigenvalue weighted by atomic mass is 10.2. The molecule has 0 radical (unpaired) electrons. The highest BCUT2D eigenvalue weighted by Gasteiger charge is 2.17. The number of nitrogens with zero attached hydrogens (tertiary/aromatic N) is 1. The summed E-state index contributed by atoms with van der Waals surface area (Å²) in [6.07, 6.45) is 0. The normalized spacial score (nSPS) is 11.8. The molecule has 1 aromatic heterocycles. The van der Waals surface area contributed by atoms with Gasteiger partial charge in [0.25, 0.3) is 0 Å². The lowest BCUT2D eigenvalue weighted by Crippen LogP contribution is -2.13. The van der Waals surface area contributed by atoms with E-state index in [1.165, 1.54) is 4.57 Å². The molecule has 0 aliphatic carbocycles. The Morgan fingerprint density at radius 3 is 2.76 bits per heavy atom. The van der Waals surface area contributed by atoms with Crippen molar-refractivity contribution in [2.24, 2.45) is 7.05 Å². The van der Waals surface area contributed by atoms with Gasteiger partial charge in [0.05, 0.1) is 5.52 Å². The summed E-state index contributed by atoms with van der Waals surface area (Å²) in [6, 6.07) is 5.04. The van der Waals surface area contributed by atoms with Gasteiger partial charge in [0.2, 0.25) is 0 Å². The second kappa shape index (κ2) is 5.97. The fourth-order valence-corrected chi connectivity index (χ4v) is 2.65. The Hall–Kier alpha value is -1.69. The van der Waals surface area contributed by atoms with E-state index in [0.717, 1.165) is 5.75 Å². The van der Waals surface area contributed by atoms with E-state index in [1.54, 1.807) is 37.0 Å². The van der Waals surface area contributed by atoms with Crippen LogP contribution in [0.4, 0.5) is 0 Å². The molecule has 0 aliphatic rings. The molecule has 0 unspecified atom stereocenters. The van der Waals surface area contributed by atoms with Crippen LogP contribution in [0.25, 0.3) is 11.1 Å². The van der Waals surface area contributed by atoms with Gasteiger partial charge in [-0.2, -0.15) is 11.8 Å². The second-order valence-electron chi connectivity index (χ2n) is 5.68. The maximum absolute atomic E-state index is 12.1. The van der Waals surface area contributed by atoms with E-state index in [9.17, 15) is 9.59 Å². The zero-order valence-corrected chi connectivity index (χ0v) is 13.5. The summed E-state index contributed by atoms with van der Waals surface area (Å²) in [5.41, 5.74) is 1.14. The molecule has 2 aromatic rings. The van der Waals surface area contributed by atoms with Gasteiger partial charge in [-0.05, 0) is 12.1 Å². The molecule has 0 N–H and O–H groups in total. The van der Waals surface area contributed by atoms with Crippen LogP contribution in [0.5, 0.6) is 0 Å². The predicted octanol–water partition coefficient (Wildman–Crippen LogP) is 2.82. The number of aromatic nitrogens is 1. The quantitative estimate of drug-likeness (QED) is 0.642. The van der Waals surface area contributed by atoms with Crippen LogP contribution in [-0.2, 0) is 11.8 Å². The lowest BCUT2D eigenvalue weighted by molar-refractivity contribution is 0.0531. The summed E-state index contributed by atoms with van der Waals surface area (Å²) in [6.45, 7) is 6.66. The highest BCUT2D eigenvalue weighted by molar-refractivity contribution is 8.00. The van der Waals surface area contributed by atoms with Crippen LogP contribution >= 0.6 is 11.8 Å². The molecule has 0 spiro atoms. The molecule has 2 rings (SSSR count). The first-order valence-electron chi connectivity index (χ1n) is 6.69. The minimum atomic E-state index is -0.492. The number of carbonyl (C=O) groups is 1. The smallest absolute Gasteiger partial charge is 0.419 e. The molecule has 0 amide bonds. The van der Waals surface area contributed by atoms with Crippen molar-refractivity contribution in [1.29, 1.82) is 0 Å².